The first-order valence-electron chi connectivity index (χ1n) is 6.82. The molecule has 0 spiro atoms. The number of hydrogen-bond donors (Lipinski definition) is 1. The van der Waals surface area contributed by atoms with E-state index in [1.165, 1.54) is 7.11 Å². The number of nitrogens with zero attached hydrogens (tertiary/aromatic N) is 2. The number of aromatic hydroxyl groups is 1. The van der Waals surface area contributed by atoms with Crippen molar-refractivity contribution in [3.05, 3.63) is 23.8 Å². The number of phenols is 1. The highest BCUT2D eigenvalue weighted by molar-refractivity contribution is 5.97. The van der Waals surface area contributed by atoms with Gasteiger partial charge in [-0.05, 0) is 33.0 Å². The lowest BCUT2D eigenvalue weighted by Crippen LogP contribution is -2.56. The number of carbonyl (C=O) groups is 1. The maximum absolute atomic E-state index is 12.6. The molecule has 0 bridgehead atoms. The molecule has 1 aliphatic heterocycles. The topological polar surface area (TPSA) is 53.0 Å². The molecule has 0 aromatic heterocycles. The monoisotopic (exact) mass is 278 g/mol. The van der Waals surface area contributed by atoms with Gasteiger partial charge in [-0.2, -0.15) is 0 Å². The van der Waals surface area contributed by atoms with E-state index in [2.05, 4.69) is 25.8 Å². The average molecular weight is 278 g/mol. The zero-order chi connectivity index (χ0) is 14.9. The second-order valence-corrected chi connectivity index (χ2v) is 5.43. The number of hydrogen-bond acceptors (Lipinski definition) is 4. The first kappa shape index (κ1) is 14.7. The molecule has 5 heteroatoms. The third-order valence-corrected chi connectivity index (χ3v) is 4.10. The summed E-state index contributed by atoms with van der Waals surface area (Å²) in [4.78, 5) is 16.6. The summed E-state index contributed by atoms with van der Waals surface area (Å²) in [6, 6.07) is 5.59. The van der Waals surface area contributed by atoms with Crippen molar-refractivity contribution in [2.75, 3.05) is 27.2 Å². The number of rotatable bonds is 2. The van der Waals surface area contributed by atoms with Crippen molar-refractivity contribution >= 4 is 5.91 Å². The van der Waals surface area contributed by atoms with E-state index >= 15 is 0 Å². The first-order valence-corrected chi connectivity index (χ1v) is 6.82. The molecular weight excluding hydrogens is 256 g/mol. The molecule has 2 rings (SSSR count). The quantitative estimate of drug-likeness (QED) is 0.892. The number of amides is 1. The van der Waals surface area contributed by atoms with Crippen molar-refractivity contribution in [2.45, 2.75) is 25.9 Å². The highest BCUT2D eigenvalue weighted by Crippen LogP contribution is 2.30. The van der Waals surface area contributed by atoms with Crippen LogP contribution in [0.5, 0.6) is 11.5 Å². The van der Waals surface area contributed by atoms with Gasteiger partial charge in [0.05, 0.1) is 12.7 Å². The van der Waals surface area contributed by atoms with Gasteiger partial charge in [0.2, 0.25) is 0 Å². The fraction of sp³-hybridized carbons (Fsp3) is 0.533. The van der Waals surface area contributed by atoms with Crippen LogP contribution in [-0.2, 0) is 0 Å². The minimum Gasteiger partial charge on any atom is -0.504 e. The normalized spacial score (nSPS) is 23.7. The number of benzene rings is 1. The molecule has 5 nitrogen and oxygen atoms in total. The number of likely N-dealkylation sites (N-methyl/N-ethyl adjacent to an activating group) is 1. The number of carbonyl (C=O) groups excluding carboxylic acids is 1. The van der Waals surface area contributed by atoms with Crippen molar-refractivity contribution in [1.29, 1.82) is 0 Å². The minimum absolute atomic E-state index is 0.0840. The molecule has 1 heterocycles. The van der Waals surface area contributed by atoms with Crippen LogP contribution in [0.2, 0.25) is 0 Å². The van der Waals surface area contributed by atoms with Gasteiger partial charge < -0.3 is 14.7 Å². The number of piperazine rings is 1. The Hall–Kier alpha value is -1.75. The zero-order valence-electron chi connectivity index (χ0n) is 12.5. The Labute approximate surface area is 119 Å². The van der Waals surface area contributed by atoms with Crippen LogP contribution in [0.4, 0.5) is 0 Å². The maximum atomic E-state index is 12.6. The molecular formula is C15H22N2O3. The largest absolute Gasteiger partial charge is 0.504 e. The number of ether oxygens (including phenoxy) is 1. The van der Waals surface area contributed by atoms with Crippen LogP contribution in [-0.4, -0.2) is 60.1 Å². The van der Waals surface area contributed by atoms with E-state index in [1.54, 1.807) is 23.1 Å². The fourth-order valence-corrected chi connectivity index (χ4v) is 2.60. The summed E-state index contributed by atoms with van der Waals surface area (Å²) in [6.45, 7) is 5.52. The Morgan fingerprint density at radius 3 is 2.45 bits per heavy atom. The van der Waals surface area contributed by atoms with Gasteiger partial charge in [0.15, 0.2) is 11.5 Å². The van der Waals surface area contributed by atoms with E-state index in [0.29, 0.717) is 36.5 Å². The third kappa shape index (κ3) is 2.58. The Balaban J connectivity index is 2.24. The summed E-state index contributed by atoms with van der Waals surface area (Å²) in [5, 5.41) is 10.1. The van der Waals surface area contributed by atoms with Crippen molar-refractivity contribution in [2.24, 2.45) is 0 Å². The lowest BCUT2D eigenvalue weighted by molar-refractivity contribution is 0.0411. The van der Waals surface area contributed by atoms with Crippen LogP contribution in [0.15, 0.2) is 18.2 Å². The SMILES string of the molecule is COc1cccc(C(=O)N2CC(C)N(C)C(C)C2)c1O. The van der Waals surface area contributed by atoms with E-state index in [9.17, 15) is 9.90 Å². The van der Waals surface area contributed by atoms with Crippen molar-refractivity contribution in [3.8, 4) is 11.5 Å². The molecule has 0 aliphatic carbocycles. The minimum atomic E-state index is -0.145. The van der Waals surface area contributed by atoms with Gasteiger partial charge in [-0.15, -0.1) is 0 Å². The Morgan fingerprint density at radius 2 is 1.90 bits per heavy atom. The summed E-state index contributed by atoms with van der Waals surface area (Å²) in [5.74, 6) is 0.0958. The fourth-order valence-electron chi connectivity index (χ4n) is 2.60. The van der Waals surface area contributed by atoms with Gasteiger partial charge in [0.25, 0.3) is 5.91 Å². The molecule has 1 fully saturated rings. The van der Waals surface area contributed by atoms with E-state index in [1.807, 2.05) is 0 Å². The van der Waals surface area contributed by atoms with Crippen LogP contribution < -0.4 is 4.74 Å². The van der Waals surface area contributed by atoms with Gasteiger partial charge in [0, 0.05) is 25.2 Å². The molecule has 0 saturated carbocycles. The van der Waals surface area contributed by atoms with E-state index in [4.69, 9.17) is 4.74 Å². The molecule has 0 radical (unpaired) electrons. The van der Waals surface area contributed by atoms with Crippen molar-refractivity contribution < 1.29 is 14.6 Å². The summed E-state index contributed by atoms with van der Waals surface area (Å²) in [5.41, 5.74) is 0.299. The molecule has 1 aromatic carbocycles. The number of phenolic OH excluding ortho intramolecular Hbond substituents is 1. The summed E-state index contributed by atoms with van der Waals surface area (Å²) >= 11 is 0. The molecule has 1 N–H and O–H groups in total. The lowest BCUT2D eigenvalue weighted by Gasteiger charge is -2.42. The van der Waals surface area contributed by atoms with Crippen LogP contribution >= 0.6 is 0 Å². The predicted molar refractivity (Wildman–Crippen MR) is 77.2 cm³/mol. The smallest absolute Gasteiger partial charge is 0.257 e. The summed E-state index contributed by atoms with van der Waals surface area (Å²) < 4.78 is 5.05. The van der Waals surface area contributed by atoms with Gasteiger partial charge in [-0.3, -0.25) is 9.69 Å². The average Bonchev–Trinajstić information content (AvgIpc) is 2.43. The van der Waals surface area contributed by atoms with E-state index < -0.39 is 0 Å². The third-order valence-electron chi connectivity index (χ3n) is 4.10. The second-order valence-electron chi connectivity index (χ2n) is 5.43. The van der Waals surface area contributed by atoms with Crippen LogP contribution in [0.1, 0.15) is 24.2 Å². The number of methoxy groups -OCH3 is 1. The molecule has 2 atom stereocenters. The first-order chi connectivity index (χ1) is 9.45. The Bertz CT molecular complexity index is 492. The van der Waals surface area contributed by atoms with E-state index in [0.717, 1.165) is 0 Å². The molecule has 20 heavy (non-hydrogen) atoms. The zero-order valence-corrected chi connectivity index (χ0v) is 12.5. The highest BCUT2D eigenvalue weighted by atomic mass is 16.5. The Kier molecular flexibility index (Phi) is 4.18. The molecule has 1 amide bonds. The summed E-state index contributed by atoms with van der Waals surface area (Å²) in [6.07, 6.45) is 0. The lowest BCUT2D eigenvalue weighted by atomic mass is 10.1. The van der Waals surface area contributed by atoms with Gasteiger partial charge >= 0.3 is 0 Å². The van der Waals surface area contributed by atoms with Crippen molar-refractivity contribution in [1.82, 2.24) is 9.80 Å². The standard InChI is InChI=1S/C15H22N2O3/c1-10-8-17(9-11(2)16(10)3)15(19)12-6-5-7-13(20-4)14(12)18/h5-7,10-11,18H,8-9H2,1-4H3. The predicted octanol–water partition coefficient (Wildman–Crippen LogP) is 1.57. The maximum Gasteiger partial charge on any atom is 0.257 e. The second kappa shape index (κ2) is 5.71. The molecule has 110 valence electrons. The van der Waals surface area contributed by atoms with Crippen LogP contribution in [0, 0.1) is 0 Å². The molecule has 1 saturated heterocycles. The highest BCUT2D eigenvalue weighted by Gasteiger charge is 2.31. The van der Waals surface area contributed by atoms with E-state index in [-0.39, 0.29) is 11.7 Å². The van der Waals surface area contributed by atoms with Gasteiger partial charge in [0.1, 0.15) is 0 Å². The molecule has 1 aromatic rings. The van der Waals surface area contributed by atoms with Crippen LogP contribution in [0.25, 0.3) is 0 Å². The molecule has 1 aliphatic rings. The molecule has 2 unspecified atom stereocenters. The van der Waals surface area contributed by atoms with Crippen LogP contribution in [0.3, 0.4) is 0 Å². The van der Waals surface area contributed by atoms with Gasteiger partial charge in [-0.1, -0.05) is 6.07 Å². The van der Waals surface area contributed by atoms with Crippen molar-refractivity contribution in [3.63, 3.8) is 0 Å². The summed E-state index contributed by atoms with van der Waals surface area (Å²) in [7, 11) is 3.55. The Morgan fingerprint density at radius 1 is 1.30 bits per heavy atom. The van der Waals surface area contributed by atoms with Gasteiger partial charge in [-0.25, -0.2) is 0 Å². The number of para-hydroxylation sites is 1.